The molecule has 1 aliphatic rings. The average molecular weight is 315 g/mol. The van der Waals surface area contributed by atoms with E-state index >= 15 is 0 Å². The quantitative estimate of drug-likeness (QED) is 0.769. The lowest BCUT2D eigenvalue weighted by molar-refractivity contribution is 0.0893. The number of fused-ring (bicyclic) bond motifs is 1. The summed E-state index contributed by atoms with van der Waals surface area (Å²) in [6, 6.07) is 8.65. The molecule has 0 spiro atoms. The molecular formula is C17H21N3O3. The molecule has 2 heterocycles. The Kier molecular flexibility index (Phi) is 4.45. The Bertz CT molecular complexity index is 763. The number of rotatable bonds is 5. The molecule has 6 heteroatoms. The van der Waals surface area contributed by atoms with Gasteiger partial charge in [0.2, 0.25) is 5.56 Å². The molecule has 1 saturated heterocycles. The standard InChI is InChI=1S/C17H21N3O3/c1-23-11-17(7-4-8-19-17)10-18-16(22)13-9-15(21)20-14-6-3-2-5-12(13)14/h2-3,5-6,9,19H,4,7-8,10-11H2,1H3,(H,18,22)(H,20,21). The van der Waals surface area contributed by atoms with Crippen molar-refractivity contribution in [3.8, 4) is 0 Å². The van der Waals surface area contributed by atoms with Gasteiger partial charge >= 0.3 is 0 Å². The number of benzene rings is 1. The molecule has 3 rings (SSSR count). The monoisotopic (exact) mass is 315 g/mol. The fraction of sp³-hybridized carbons (Fsp3) is 0.412. The first-order valence-corrected chi connectivity index (χ1v) is 7.78. The van der Waals surface area contributed by atoms with Gasteiger partial charge in [-0.3, -0.25) is 9.59 Å². The van der Waals surface area contributed by atoms with Crippen molar-refractivity contribution in [2.75, 3.05) is 26.8 Å². The van der Waals surface area contributed by atoms with E-state index in [9.17, 15) is 9.59 Å². The minimum absolute atomic E-state index is 0.221. The molecule has 1 aliphatic heterocycles. The van der Waals surface area contributed by atoms with Gasteiger partial charge in [-0.15, -0.1) is 0 Å². The number of carbonyl (C=O) groups is 1. The molecule has 1 amide bonds. The second-order valence-corrected chi connectivity index (χ2v) is 6.02. The maximum Gasteiger partial charge on any atom is 0.252 e. The van der Waals surface area contributed by atoms with Crippen LogP contribution in [-0.2, 0) is 4.74 Å². The zero-order chi connectivity index (χ0) is 16.3. The summed E-state index contributed by atoms with van der Waals surface area (Å²) in [6.07, 6.45) is 2.02. The summed E-state index contributed by atoms with van der Waals surface area (Å²) in [4.78, 5) is 27.1. The van der Waals surface area contributed by atoms with Crippen molar-refractivity contribution in [1.82, 2.24) is 15.6 Å². The molecule has 0 bridgehead atoms. The third kappa shape index (κ3) is 3.28. The van der Waals surface area contributed by atoms with Gasteiger partial charge in [0.1, 0.15) is 0 Å². The van der Waals surface area contributed by atoms with Crippen LogP contribution in [0.3, 0.4) is 0 Å². The topological polar surface area (TPSA) is 83.2 Å². The number of nitrogens with one attached hydrogen (secondary N) is 3. The molecule has 2 aromatic rings. The summed E-state index contributed by atoms with van der Waals surface area (Å²) in [7, 11) is 1.66. The summed E-state index contributed by atoms with van der Waals surface area (Å²) in [5, 5.41) is 7.11. The van der Waals surface area contributed by atoms with Crippen LogP contribution in [0.4, 0.5) is 0 Å². The third-order valence-corrected chi connectivity index (χ3v) is 4.34. The Morgan fingerprint density at radius 1 is 1.39 bits per heavy atom. The molecule has 1 atom stereocenters. The molecule has 1 fully saturated rings. The number of ether oxygens (including phenoxy) is 1. The number of amides is 1. The van der Waals surface area contributed by atoms with Gasteiger partial charge < -0.3 is 20.4 Å². The van der Waals surface area contributed by atoms with Crippen molar-refractivity contribution in [3.63, 3.8) is 0 Å². The molecule has 3 N–H and O–H groups in total. The van der Waals surface area contributed by atoms with Crippen molar-refractivity contribution in [3.05, 3.63) is 46.2 Å². The van der Waals surface area contributed by atoms with Crippen molar-refractivity contribution < 1.29 is 9.53 Å². The average Bonchev–Trinajstić information content (AvgIpc) is 3.01. The lowest BCUT2D eigenvalue weighted by Gasteiger charge is -2.29. The SMILES string of the molecule is COCC1(CNC(=O)c2cc(=O)[nH]c3ccccc23)CCCN1. The number of aromatic amines is 1. The Morgan fingerprint density at radius 3 is 2.96 bits per heavy atom. The van der Waals surface area contributed by atoms with Gasteiger partial charge in [0.15, 0.2) is 0 Å². The fourth-order valence-corrected chi connectivity index (χ4v) is 3.21. The van der Waals surface area contributed by atoms with Crippen LogP contribution in [-0.4, -0.2) is 43.2 Å². The maximum atomic E-state index is 12.6. The highest BCUT2D eigenvalue weighted by atomic mass is 16.5. The van der Waals surface area contributed by atoms with E-state index in [1.54, 1.807) is 13.2 Å². The van der Waals surface area contributed by atoms with Crippen LogP contribution < -0.4 is 16.2 Å². The largest absolute Gasteiger partial charge is 0.383 e. The van der Waals surface area contributed by atoms with Crippen molar-refractivity contribution in [2.24, 2.45) is 0 Å². The van der Waals surface area contributed by atoms with Crippen LogP contribution >= 0.6 is 0 Å². The van der Waals surface area contributed by atoms with Gasteiger partial charge in [-0.05, 0) is 25.5 Å². The van der Waals surface area contributed by atoms with E-state index in [-0.39, 0.29) is 17.0 Å². The predicted octanol–water partition coefficient (Wildman–Crippen LogP) is 1.03. The van der Waals surface area contributed by atoms with Crippen molar-refractivity contribution >= 4 is 16.8 Å². The Morgan fingerprint density at radius 2 is 2.22 bits per heavy atom. The molecule has 122 valence electrons. The van der Waals surface area contributed by atoms with Gasteiger partial charge in [0.25, 0.3) is 5.91 Å². The normalized spacial score (nSPS) is 20.7. The fourth-order valence-electron chi connectivity index (χ4n) is 3.21. The predicted molar refractivity (Wildman–Crippen MR) is 88.7 cm³/mol. The summed E-state index contributed by atoms with van der Waals surface area (Å²) in [5.74, 6) is -0.239. The van der Waals surface area contributed by atoms with E-state index in [4.69, 9.17) is 4.74 Å². The van der Waals surface area contributed by atoms with Crippen molar-refractivity contribution in [2.45, 2.75) is 18.4 Å². The van der Waals surface area contributed by atoms with Crippen LogP contribution in [0.2, 0.25) is 0 Å². The first kappa shape index (κ1) is 15.7. The summed E-state index contributed by atoms with van der Waals surface area (Å²) < 4.78 is 5.29. The summed E-state index contributed by atoms with van der Waals surface area (Å²) in [5.41, 5.74) is 0.562. The van der Waals surface area contributed by atoms with Gasteiger partial charge in [0, 0.05) is 30.6 Å². The van der Waals surface area contributed by atoms with E-state index in [2.05, 4.69) is 15.6 Å². The highest BCUT2D eigenvalue weighted by molar-refractivity contribution is 6.05. The van der Waals surface area contributed by atoms with Crippen molar-refractivity contribution in [1.29, 1.82) is 0 Å². The number of hydrogen-bond donors (Lipinski definition) is 3. The molecule has 1 unspecified atom stereocenters. The Hall–Kier alpha value is -2.18. The lowest BCUT2D eigenvalue weighted by atomic mass is 9.98. The van der Waals surface area contributed by atoms with Crippen LogP contribution in [0.25, 0.3) is 10.9 Å². The van der Waals surface area contributed by atoms with Crippen LogP contribution in [0.15, 0.2) is 35.1 Å². The molecule has 1 aromatic heterocycles. The van der Waals surface area contributed by atoms with Gasteiger partial charge in [0.05, 0.1) is 17.7 Å². The molecule has 23 heavy (non-hydrogen) atoms. The van der Waals surface area contributed by atoms with Gasteiger partial charge in [-0.25, -0.2) is 0 Å². The van der Waals surface area contributed by atoms with Gasteiger partial charge in [-0.2, -0.15) is 0 Å². The number of hydrogen-bond acceptors (Lipinski definition) is 4. The first-order chi connectivity index (χ1) is 11.1. The molecular weight excluding hydrogens is 294 g/mol. The van der Waals surface area contributed by atoms with Crippen LogP contribution in [0.1, 0.15) is 23.2 Å². The highest BCUT2D eigenvalue weighted by Crippen LogP contribution is 2.19. The number of H-pyrrole nitrogens is 1. The molecule has 0 aliphatic carbocycles. The molecule has 1 aromatic carbocycles. The number of methoxy groups -OCH3 is 1. The third-order valence-electron chi connectivity index (χ3n) is 4.34. The highest BCUT2D eigenvalue weighted by Gasteiger charge is 2.33. The smallest absolute Gasteiger partial charge is 0.252 e. The number of para-hydroxylation sites is 1. The zero-order valence-electron chi connectivity index (χ0n) is 13.1. The lowest BCUT2D eigenvalue weighted by Crippen LogP contribution is -2.53. The van der Waals surface area contributed by atoms with E-state index < -0.39 is 0 Å². The maximum absolute atomic E-state index is 12.6. The molecule has 6 nitrogen and oxygen atoms in total. The van der Waals surface area contributed by atoms with Gasteiger partial charge in [-0.1, -0.05) is 18.2 Å². The molecule has 0 saturated carbocycles. The number of carbonyl (C=O) groups excluding carboxylic acids is 1. The second-order valence-electron chi connectivity index (χ2n) is 6.02. The Balaban J connectivity index is 1.82. The number of pyridine rings is 1. The number of aromatic nitrogens is 1. The zero-order valence-corrected chi connectivity index (χ0v) is 13.1. The summed E-state index contributed by atoms with van der Waals surface area (Å²) >= 11 is 0. The first-order valence-electron chi connectivity index (χ1n) is 7.78. The molecule has 0 radical (unpaired) electrons. The summed E-state index contributed by atoms with van der Waals surface area (Å²) in [6.45, 7) is 1.94. The Labute approximate surface area is 134 Å². The van der Waals surface area contributed by atoms with E-state index in [0.29, 0.717) is 24.2 Å². The minimum Gasteiger partial charge on any atom is -0.383 e. The second kappa shape index (κ2) is 6.52. The minimum atomic E-state index is -0.278. The van der Waals surface area contributed by atoms with Crippen LogP contribution in [0, 0.1) is 0 Å². The van der Waals surface area contributed by atoms with Crippen LogP contribution in [0.5, 0.6) is 0 Å². The van der Waals surface area contributed by atoms with E-state index in [0.717, 1.165) is 24.8 Å². The van der Waals surface area contributed by atoms with E-state index in [1.807, 2.05) is 18.2 Å². The van der Waals surface area contributed by atoms with E-state index in [1.165, 1.54) is 6.07 Å².